The Bertz CT molecular complexity index is 747. The Hall–Kier alpha value is -2.38. The third kappa shape index (κ3) is 4.72. The molecule has 2 fully saturated rings. The molecule has 2 amide bonds. The predicted molar refractivity (Wildman–Crippen MR) is 103 cm³/mol. The van der Waals surface area contributed by atoms with Crippen LogP contribution in [0.2, 0.25) is 0 Å². The molecule has 0 bridgehead atoms. The summed E-state index contributed by atoms with van der Waals surface area (Å²) in [5.41, 5.74) is -0.188. The highest BCUT2D eigenvalue weighted by Crippen LogP contribution is 2.52. The number of carbonyl (C=O) groups is 2. The van der Waals surface area contributed by atoms with Gasteiger partial charge in [-0.05, 0) is 53.4 Å². The second kappa shape index (κ2) is 7.22. The maximum absolute atomic E-state index is 12.7. The van der Waals surface area contributed by atoms with E-state index in [1.54, 1.807) is 11.1 Å². The standard InChI is InChI=1S/C20H30N4O4/c1-12-7-21-11-22-17(12)27-10-20(5,6)23-16(25)15-13-8-24(9-14(13)15)18(26)28-19(2,3)4/h7,11,13-15H,8-10H2,1-6H3,(H,23,25)/t13-,14+,15+. The molecule has 8 nitrogen and oxygen atoms in total. The second-order valence-corrected chi connectivity index (χ2v) is 9.41. The minimum absolute atomic E-state index is 0.0202. The Morgan fingerprint density at radius 1 is 1.21 bits per heavy atom. The Kier molecular flexibility index (Phi) is 5.25. The first-order valence-electron chi connectivity index (χ1n) is 9.66. The van der Waals surface area contributed by atoms with E-state index in [-0.39, 0.29) is 29.8 Å². The highest BCUT2D eigenvalue weighted by atomic mass is 16.6. The van der Waals surface area contributed by atoms with Gasteiger partial charge in [-0.2, -0.15) is 0 Å². The molecule has 1 N–H and O–H groups in total. The number of carbonyl (C=O) groups excluding carboxylic acids is 2. The number of fused-ring (bicyclic) bond motifs is 1. The third-order valence-electron chi connectivity index (χ3n) is 5.03. The molecule has 3 rings (SSSR count). The average molecular weight is 390 g/mol. The largest absolute Gasteiger partial charge is 0.475 e. The fraction of sp³-hybridized carbons (Fsp3) is 0.700. The van der Waals surface area contributed by atoms with Crippen LogP contribution in [0.3, 0.4) is 0 Å². The van der Waals surface area contributed by atoms with Gasteiger partial charge in [0.05, 0.1) is 5.54 Å². The van der Waals surface area contributed by atoms with E-state index < -0.39 is 11.1 Å². The van der Waals surface area contributed by atoms with Crippen LogP contribution in [0.4, 0.5) is 4.79 Å². The number of hydrogen-bond acceptors (Lipinski definition) is 6. The summed E-state index contributed by atoms with van der Waals surface area (Å²) in [6, 6.07) is 0. The number of aromatic nitrogens is 2. The average Bonchev–Trinajstić information content (AvgIpc) is 3.07. The lowest BCUT2D eigenvalue weighted by atomic mass is 10.1. The Morgan fingerprint density at radius 3 is 2.43 bits per heavy atom. The molecular formula is C20H30N4O4. The van der Waals surface area contributed by atoms with Gasteiger partial charge in [0.15, 0.2) is 0 Å². The molecule has 3 atom stereocenters. The molecule has 154 valence electrons. The van der Waals surface area contributed by atoms with E-state index in [1.165, 1.54) is 6.33 Å². The van der Waals surface area contributed by atoms with E-state index in [2.05, 4.69) is 15.3 Å². The lowest BCUT2D eigenvalue weighted by Crippen LogP contribution is -2.49. The van der Waals surface area contributed by atoms with Gasteiger partial charge in [0.25, 0.3) is 0 Å². The topological polar surface area (TPSA) is 93.7 Å². The summed E-state index contributed by atoms with van der Waals surface area (Å²) in [6.45, 7) is 12.7. The normalized spacial score (nSPS) is 23.8. The van der Waals surface area contributed by atoms with Crippen LogP contribution >= 0.6 is 0 Å². The first-order valence-corrected chi connectivity index (χ1v) is 9.66. The summed E-state index contributed by atoms with van der Waals surface area (Å²) >= 11 is 0. The van der Waals surface area contributed by atoms with Gasteiger partial charge < -0.3 is 19.7 Å². The van der Waals surface area contributed by atoms with Crippen LogP contribution in [0, 0.1) is 24.7 Å². The molecule has 2 heterocycles. The van der Waals surface area contributed by atoms with E-state index in [4.69, 9.17) is 9.47 Å². The minimum Gasteiger partial charge on any atom is -0.475 e. The quantitative estimate of drug-likeness (QED) is 0.828. The lowest BCUT2D eigenvalue weighted by Gasteiger charge is -2.28. The molecule has 1 aliphatic carbocycles. The Labute approximate surface area is 166 Å². The van der Waals surface area contributed by atoms with Crippen molar-refractivity contribution in [3.63, 3.8) is 0 Å². The molecule has 2 aliphatic rings. The number of nitrogens with zero attached hydrogens (tertiary/aromatic N) is 3. The third-order valence-corrected chi connectivity index (χ3v) is 5.03. The first kappa shape index (κ1) is 20.4. The molecule has 1 aliphatic heterocycles. The zero-order valence-corrected chi connectivity index (χ0v) is 17.5. The van der Waals surface area contributed by atoms with Crippen LogP contribution in [0.5, 0.6) is 5.88 Å². The van der Waals surface area contributed by atoms with E-state index >= 15 is 0 Å². The van der Waals surface area contributed by atoms with Crippen molar-refractivity contribution < 1.29 is 19.1 Å². The SMILES string of the molecule is Cc1cncnc1OCC(C)(C)NC(=O)[C@H]1[C@@H]2CN(C(=O)OC(C)(C)C)C[C@@H]21. The van der Waals surface area contributed by atoms with Gasteiger partial charge in [-0.3, -0.25) is 4.79 Å². The number of rotatable bonds is 5. The number of nitrogens with one attached hydrogen (secondary N) is 1. The Morgan fingerprint density at radius 2 is 1.86 bits per heavy atom. The minimum atomic E-state index is -0.532. The van der Waals surface area contributed by atoms with E-state index in [9.17, 15) is 9.59 Å². The van der Waals surface area contributed by atoms with Crippen molar-refractivity contribution in [3.8, 4) is 5.88 Å². The van der Waals surface area contributed by atoms with E-state index in [0.717, 1.165) is 5.56 Å². The van der Waals surface area contributed by atoms with Gasteiger partial charge in [0.1, 0.15) is 18.5 Å². The second-order valence-electron chi connectivity index (χ2n) is 9.41. The van der Waals surface area contributed by atoms with Crippen molar-refractivity contribution in [2.45, 2.75) is 52.7 Å². The number of amides is 2. The smallest absolute Gasteiger partial charge is 0.410 e. The van der Waals surface area contributed by atoms with Gasteiger partial charge in [-0.1, -0.05) is 0 Å². The van der Waals surface area contributed by atoms with Crippen LogP contribution in [0.25, 0.3) is 0 Å². The van der Waals surface area contributed by atoms with Crippen molar-refractivity contribution in [2.24, 2.45) is 17.8 Å². The van der Waals surface area contributed by atoms with Crippen LogP contribution in [0.15, 0.2) is 12.5 Å². The van der Waals surface area contributed by atoms with Gasteiger partial charge in [-0.15, -0.1) is 0 Å². The molecule has 1 saturated carbocycles. The molecule has 1 aromatic heterocycles. The maximum Gasteiger partial charge on any atom is 0.410 e. The fourth-order valence-electron chi connectivity index (χ4n) is 3.63. The molecule has 28 heavy (non-hydrogen) atoms. The van der Waals surface area contributed by atoms with Gasteiger partial charge in [-0.25, -0.2) is 14.8 Å². The summed E-state index contributed by atoms with van der Waals surface area (Å²) in [6.07, 6.45) is 2.83. The van der Waals surface area contributed by atoms with E-state index in [0.29, 0.717) is 25.6 Å². The zero-order valence-electron chi connectivity index (χ0n) is 17.5. The van der Waals surface area contributed by atoms with Crippen molar-refractivity contribution in [1.29, 1.82) is 0 Å². The van der Waals surface area contributed by atoms with Crippen LogP contribution < -0.4 is 10.1 Å². The summed E-state index contributed by atoms with van der Waals surface area (Å²) in [5, 5.41) is 3.08. The summed E-state index contributed by atoms with van der Waals surface area (Å²) in [5.74, 6) is 0.931. The van der Waals surface area contributed by atoms with Crippen molar-refractivity contribution in [3.05, 3.63) is 18.1 Å². The van der Waals surface area contributed by atoms with Crippen molar-refractivity contribution in [2.75, 3.05) is 19.7 Å². The summed E-state index contributed by atoms with van der Waals surface area (Å²) < 4.78 is 11.2. The number of piperidine rings is 1. The molecular weight excluding hydrogens is 360 g/mol. The maximum atomic E-state index is 12.7. The highest BCUT2D eigenvalue weighted by Gasteiger charge is 2.61. The predicted octanol–water partition coefficient (Wildman–Crippen LogP) is 2.17. The van der Waals surface area contributed by atoms with Crippen molar-refractivity contribution in [1.82, 2.24) is 20.2 Å². The molecule has 1 aromatic rings. The first-order chi connectivity index (χ1) is 13.0. The lowest BCUT2D eigenvalue weighted by molar-refractivity contribution is -0.125. The number of likely N-dealkylation sites (tertiary alicyclic amines) is 1. The molecule has 0 spiro atoms. The monoisotopic (exact) mass is 390 g/mol. The molecule has 1 saturated heterocycles. The van der Waals surface area contributed by atoms with Gasteiger partial charge in [0, 0.05) is 30.8 Å². The van der Waals surface area contributed by atoms with Gasteiger partial charge in [0.2, 0.25) is 11.8 Å². The highest BCUT2D eigenvalue weighted by molar-refractivity contribution is 5.84. The van der Waals surface area contributed by atoms with Crippen LogP contribution in [-0.2, 0) is 9.53 Å². The number of hydrogen-bond donors (Lipinski definition) is 1. The summed E-state index contributed by atoms with van der Waals surface area (Å²) in [7, 11) is 0. The molecule has 0 aromatic carbocycles. The van der Waals surface area contributed by atoms with Crippen LogP contribution in [-0.4, -0.2) is 57.7 Å². The number of aryl methyl sites for hydroxylation is 1. The molecule has 0 radical (unpaired) electrons. The van der Waals surface area contributed by atoms with E-state index in [1.807, 2.05) is 41.5 Å². The Balaban J connectivity index is 1.46. The van der Waals surface area contributed by atoms with Gasteiger partial charge >= 0.3 is 6.09 Å². The molecule has 0 unspecified atom stereocenters. The zero-order chi connectivity index (χ0) is 20.7. The fourth-order valence-corrected chi connectivity index (χ4v) is 3.63. The molecule has 8 heteroatoms. The van der Waals surface area contributed by atoms with Crippen LogP contribution in [0.1, 0.15) is 40.2 Å². The number of ether oxygens (including phenoxy) is 2. The van der Waals surface area contributed by atoms with Crippen molar-refractivity contribution >= 4 is 12.0 Å². The summed E-state index contributed by atoms with van der Waals surface area (Å²) in [4.78, 5) is 34.6.